The van der Waals surface area contributed by atoms with Gasteiger partial charge in [-0.05, 0) is 51.8 Å². The molecule has 0 saturated carbocycles. The van der Waals surface area contributed by atoms with Crippen LogP contribution in [0.4, 0.5) is 4.39 Å². The van der Waals surface area contributed by atoms with Crippen LogP contribution in [-0.2, 0) is 4.79 Å². The second kappa shape index (κ2) is 6.04. The molecular weight excluding hydrogens is 245 g/mol. The fourth-order valence-corrected chi connectivity index (χ4v) is 1.47. The predicted molar refractivity (Wildman–Crippen MR) is 73.7 cm³/mol. The van der Waals surface area contributed by atoms with Gasteiger partial charge in [0.1, 0.15) is 0 Å². The first-order chi connectivity index (χ1) is 8.75. The van der Waals surface area contributed by atoms with Gasteiger partial charge < -0.3 is 10.1 Å². The molecule has 3 nitrogen and oxygen atoms in total. The predicted octanol–water partition coefficient (Wildman–Crippen LogP) is 3.21. The van der Waals surface area contributed by atoms with Crippen LogP contribution in [0.3, 0.4) is 0 Å². The maximum Gasteiger partial charge on any atom is 0.261 e. The summed E-state index contributed by atoms with van der Waals surface area (Å²) < 4.78 is 18.9. The number of ether oxygens (including phenoxy) is 1. The van der Waals surface area contributed by atoms with Gasteiger partial charge in [0.25, 0.3) is 5.91 Å². The number of hydrogen-bond acceptors (Lipinski definition) is 2. The number of aryl methyl sites for hydroxylation is 1. The molecule has 0 saturated heterocycles. The van der Waals surface area contributed by atoms with E-state index in [9.17, 15) is 9.18 Å². The Morgan fingerprint density at radius 3 is 2.68 bits per heavy atom. The third kappa shape index (κ3) is 4.54. The van der Waals surface area contributed by atoms with Gasteiger partial charge in [-0.1, -0.05) is 13.0 Å². The molecule has 1 rings (SSSR count). The van der Waals surface area contributed by atoms with E-state index in [0.29, 0.717) is 0 Å². The topological polar surface area (TPSA) is 38.3 Å². The molecule has 1 amide bonds. The molecule has 19 heavy (non-hydrogen) atoms. The van der Waals surface area contributed by atoms with E-state index in [4.69, 9.17) is 4.74 Å². The summed E-state index contributed by atoms with van der Waals surface area (Å²) in [5.41, 5.74) is 0.595. The Morgan fingerprint density at radius 1 is 1.47 bits per heavy atom. The molecule has 0 spiro atoms. The summed E-state index contributed by atoms with van der Waals surface area (Å²) in [6.07, 6.45) is 0.0756. The van der Waals surface area contributed by atoms with Crippen molar-refractivity contribution in [3.8, 4) is 5.75 Å². The molecule has 4 heteroatoms. The molecule has 0 radical (unpaired) electrons. The molecule has 0 bridgehead atoms. The van der Waals surface area contributed by atoms with Crippen LogP contribution >= 0.6 is 0 Å². The summed E-state index contributed by atoms with van der Waals surface area (Å²) in [6.45, 7) is 9.32. The number of benzene rings is 1. The average Bonchev–Trinajstić information content (AvgIpc) is 2.33. The highest BCUT2D eigenvalue weighted by molar-refractivity contribution is 5.81. The monoisotopic (exact) mass is 267 g/mol. The Morgan fingerprint density at radius 2 is 2.11 bits per heavy atom. The Hall–Kier alpha value is -1.58. The standard InChI is InChI=1S/C15H22FNO2/c1-6-15(4,5)17-14(18)11(3)19-13-9-10(2)7-8-12(13)16/h7-9,11H,6H2,1-5H3,(H,17,18). The summed E-state index contributed by atoms with van der Waals surface area (Å²) >= 11 is 0. The molecule has 0 aromatic heterocycles. The van der Waals surface area contributed by atoms with Gasteiger partial charge in [0.05, 0.1) is 0 Å². The lowest BCUT2D eigenvalue weighted by molar-refractivity contribution is -0.129. The van der Waals surface area contributed by atoms with Crippen LogP contribution in [0.15, 0.2) is 18.2 Å². The molecule has 0 fully saturated rings. The van der Waals surface area contributed by atoms with E-state index < -0.39 is 11.9 Å². The Kier molecular flexibility index (Phi) is 4.92. The van der Waals surface area contributed by atoms with Crippen molar-refractivity contribution in [2.75, 3.05) is 0 Å². The van der Waals surface area contributed by atoms with E-state index in [-0.39, 0.29) is 17.2 Å². The van der Waals surface area contributed by atoms with Crippen LogP contribution in [0.2, 0.25) is 0 Å². The summed E-state index contributed by atoms with van der Waals surface area (Å²) in [7, 11) is 0. The van der Waals surface area contributed by atoms with Gasteiger partial charge in [-0.2, -0.15) is 0 Å². The van der Waals surface area contributed by atoms with Crippen molar-refractivity contribution in [1.29, 1.82) is 0 Å². The van der Waals surface area contributed by atoms with Crippen molar-refractivity contribution in [2.24, 2.45) is 0 Å². The molecule has 0 heterocycles. The van der Waals surface area contributed by atoms with E-state index >= 15 is 0 Å². The highest BCUT2D eigenvalue weighted by Gasteiger charge is 2.23. The van der Waals surface area contributed by atoms with E-state index in [1.807, 2.05) is 27.7 Å². The lowest BCUT2D eigenvalue weighted by atomic mass is 10.0. The Bertz CT molecular complexity index is 457. The number of hydrogen-bond donors (Lipinski definition) is 1. The average molecular weight is 267 g/mol. The van der Waals surface area contributed by atoms with Gasteiger partial charge in [0.15, 0.2) is 17.7 Å². The van der Waals surface area contributed by atoms with Crippen LogP contribution in [0.1, 0.15) is 39.7 Å². The van der Waals surface area contributed by atoms with E-state index in [0.717, 1.165) is 12.0 Å². The lowest BCUT2D eigenvalue weighted by Crippen LogP contribution is -2.48. The zero-order chi connectivity index (χ0) is 14.6. The van der Waals surface area contributed by atoms with Gasteiger partial charge in [-0.15, -0.1) is 0 Å². The molecule has 0 aliphatic carbocycles. The number of carbonyl (C=O) groups excluding carboxylic acids is 1. The second-order valence-electron chi connectivity index (χ2n) is 5.42. The van der Waals surface area contributed by atoms with Crippen molar-refractivity contribution < 1.29 is 13.9 Å². The molecule has 0 aliphatic rings. The summed E-state index contributed by atoms with van der Waals surface area (Å²) in [5.74, 6) is -0.593. The first-order valence-corrected chi connectivity index (χ1v) is 6.50. The van der Waals surface area contributed by atoms with Gasteiger partial charge in [0, 0.05) is 5.54 Å². The molecular formula is C15H22FNO2. The Balaban J connectivity index is 2.71. The number of nitrogens with one attached hydrogen (secondary N) is 1. The normalized spacial score (nSPS) is 12.9. The maximum atomic E-state index is 13.5. The minimum Gasteiger partial charge on any atom is -0.478 e. The minimum absolute atomic E-state index is 0.108. The van der Waals surface area contributed by atoms with Crippen molar-refractivity contribution in [2.45, 2.75) is 52.7 Å². The van der Waals surface area contributed by atoms with Crippen LogP contribution in [0.25, 0.3) is 0 Å². The summed E-state index contributed by atoms with van der Waals surface area (Å²) in [5, 5.41) is 2.87. The number of rotatable bonds is 5. The third-order valence-electron chi connectivity index (χ3n) is 3.11. The van der Waals surface area contributed by atoms with Gasteiger partial charge in [-0.25, -0.2) is 4.39 Å². The first kappa shape index (κ1) is 15.5. The zero-order valence-electron chi connectivity index (χ0n) is 12.2. The smallest absolute Gasteiger partial charge is 0.261 e. The highest BCUT2D eigenvalue weighted by Crippen LogP contribution is 2.20. The molecule has 1 N–H and O–H groups in total. The molecule has 1 unspecified atom stereocenters. The quantitative estimate of drug-likeness (QED) is 0.889. The van der Waals surface area contributed by atoms with Crippen molar-refractivity contribution in [3.05, 3.63) is 29.6 Å². The SMILES string of the molecule is CCC(C)(C)NC(=O)C(C)Oc1cc(C)ccc1F. The lowest BCUT2D eigenvalue weighted by Gasteiger charge is -2.26. The third-order valence-corrected chi connectivity index (χ3v) is 3.11. The number of carbonyl (C=O) groups is 1. The maximum absolute atomic E-state index is 13.5. The molecule has 1 atom stereocenters. The van der Waals surface area contributed by atoms with Crippen LogP contribution in [0.5, 0.6) is 5.75 Å². The first-order valence-electron chi connectivity index (χ1n) is 6.50. The highest BCUT2D eigenvalue weighted by atomic mass is 19.1. The van der Waals surface area contributed by atoms with Gasteiger partial charge >= 0.3 is 0 Å². The van der Waals surface area contributed by atoms with Crippen LogP contribution in [0, 0.1) is 12.7 Å². The fraction of sp³-hybridized carbons (Fsp3) is 0.533. The van der Waals surface area contributed by atoms with Crippen molar-refractivity contribution in [1.82, 2.24) is 5.32 Å². The minimum atomic E-state index is -0.734. The molecule has 1 aromatic carbocycles. The second-order valence-corrected chi connectivity index (χ2v) is 5.42. The van der Waals surface area contributed by atoms with E-state index in [1.54, 1.807) is 19.1 Å². The molecule has 0 aliphatic heterocycles. The fourth-order valence-electron chi connectivity index (χ4n) is 1.47. The van der Waals surface area contributed by atoms with Gasteiger partial charge in [0.2, 0.25) is 0 Å². The number of amides is 1. The van der Waals surface area contributed by atoms with Crippen LogP contribution < -0.4 is 10.1 Å². The summed E-state index contributed by atoms with van der Waals surface area (Å²) in [4.78, 5) is 12.0. The summed E-state index contributed by atoms with van der Waals surface area (Å²) in [6, 6.07) is 4.59. The van der Waals surface area contributed by atoms with E-state index in [1.165, 1.54) is 6.07 Å². The molecule has 1 aromatic rings. The Labute approximate surface area is 114 Å². The zero-order valence-corrected chi connectivity index (χ0v) is 12.2. The number of halogens is 1. The van der Waals surface area contributed by atoms with Gasteiger partial charge in [-0.3, -0.25) is 4.79 Å². The van der Waals surface area contributed by atoms with E-state index in [2.05, 4.69) is 5.32 Å². The van der Waals surface area contributed by atoms with Crippen molar-refractivity contribution >= 4 is 5.91 Å². The largest absolute Gasteiger partial charge is 0.478 e. The van der Waals surface area contributed by atoms with Crippen LogP contribution in [-0.4, -0.2) is 17.6 Å². The molecule has 106 valence electrons. The van der Waals surface area contributed by atoms with Crippen molar-refractivity contribution in [3.63, 3.8) is 0 Å².